The quantitative estimate of drug-likeness (QED) is 0.783. The van der Waals surface area contributed by atoms with E-state index < -0.39 is 5.41 Å². The summed E-state index contributed by atoms with van der Waals surface area (Å²) in [5.74, 6) is 0.720. The number of carbonyl (C=O) groups excluding carboxylic acids is 1. The fourth-order valence-corrected chi connectivity index (χ4v) is 3.35. The highest BCUT2D eigenvalue weighted by Crippen LogP contribution is 2.45. The van der Waals surface area contributed by atoms with E-state index in [-0.39, 0.29) is 5.97 Å². The van der Waals surface area contributed by atoms with Gasteiger partial charge in [-0.15, -0.1) is 10.2 Å². The average Bonchev–Trinajstić information content (AvgIpc) is 2.97. The molecule has 1 heterocycles. The molecule has 0 aliphatic heterocycles. The zero-order chi connectivity index (χ0) is 13.3. The van der Waals surface area contributed by atoms with E-state index in [0.717, 1.165) is 25.1 Å². The van der Waals surface area contributed by atoms with Gasteiger partial charge in [-0.1, -0.05) is 19.3 Å². The van der Waals surface area contributed by atoms with Crippen LogP contribution in [0.3, 0.4) is 0 Å². The summed E-state index contributed by atoms with van der Waals surface area (Å²) in [6.45, 7) is 2.28. The van der Waals surface area contributed by atoms with Crippen LogP contribution in [0.2, 0.25) is 0 Å². The second-order valence-electron chi connectivity index (χ2n) is 5.66. The zero-order valence-electron chi connectivity index (χ0n) is 11.5. The largest absolute Gasteiger partial charge is 0.465 e. The van der Waals surface area contributed by atoms with Crippen molar-refractivity contribution in [2.24, 2.45) is 0 Å². The Balaban J connectivity index is 1.91. The van der Waals surface area contributed by atoms with Gasteiger partial charge in [-0.05, 0) is 32.6 Å². The predicted molar refractivity (Wildman–Crippen MR) is 69.7 cm³/mol. The molecule has 2 aliphatic carbocycles. The first-order valence-electron chi connectivity index (χ1n) is 7.35. The van der Waals surface area contributed by atoms with Gasteiger partial charge in [0.15, 0.2) is 5.82 Å². The first kappa shape index (κ1) is 12.6. The number of nitrogens with zero attached hydrogens (tertiary/aromatic N) is 3. The lowest BCUT2D eigenvalue weighted by molar-refractivity contribution is -0.154. The van der Waals surface area contributed by atoms with Crippen LogP contribution < -0.4 is 0 Å². The molecule has 0 bridgehead atoms. The molecule has 2 saturated carbocycles. The average molecular weight is 263 g/mol. The Kier molecular flexibility index (Phi) is 3.29. The van der Waals surface area contributed by atoms with Gasteiger partial charge in [0.2, 0.25) is 0 Å². The SMILES string of the molecule is CCOC(=O)C1(c2nncn2C2CCCC2)CCC1. The molecule has 2 aliphatic rings. The van der Waals surface area contributed by atoms with Gasteiger partial charge in [-0.3, -0.25) is 4.79 Å². The number of rotatable bonds is 4. The molecule has 5 nitrogen and oxygen atoms in total. The maximum atomic E-state index is 12.3. The molecular weight excluding hydrogens is 242 g/mol. The van der Waals surface area contributed by atoms with E-state index in [0.29, 0.717) is 12.6 Å². The van der Waals surface area contributed by atoms with Crippen molar-refractivity contribution in [3.8, 4) is 0 Å². The Labute approximate surface area is 113 Å². The van der Waals surface area contributed by atoms with Gasteiger partial charge < -0.3 is 9.30 Å². The predicted octanol–water partition coefficient (Wildman–Crippen LogP) is 2.38. The lowest BCUT2D eigenvalue weighted by Crippen LogP contribution is -2.46. The summed E-state index contributed by atoms with van der Waals surface area (Å²) < 4.78 is 7.41. The molecule has 0 radical (unpaired) electrons. The van der Waals surface area contributed by atoms with Crippen LogP contribution in [0.5, 0.6) is 0 Å². The fourth-order valence-electron chi connectivity index (χ4n) is 3.35. The molecule has 1 aromatic heterocycles. The van der Waals surface area contributed by atoms with Gasteiger partial charge in [-0.25, -0.2) is 0 Å². The highest BCUT2D eigenvalue weighted by molar-refractivity contribution is 5.83. The van der Waals surface area contributed by atoms with Crippen LogP contribution in [0.15, 0.2) is 6.33 Å². The van der Waals surface area contributed by atoms with Crippen molar-refractivity contribution in [2.45, 2.75) is 63.3 Å². The van der Waals surface area contributed by atoms with Crippen LogP contribution in [0.1, 0.15) is 63.7 Å². The number of hydrogen-bond acceptors (Lipinski definition) is 4. The van der Waals surface area contributed by atoms with Gasteiger partial charge in [0.25, 0.3) is 0 Å². The van der Waals surface area contributed by atoms with Crippen LogP contribution in [0.4, 0.5) is 0 Å². The van der Waals surface area contributed by atoms with Crippen LogP contribution in [0.25, 0.3) is 0 Å². The Bertz CT molecular complexity index is 459. The van der Waals surface area contributed by atoms with E-state index in [4.69, 9.17) is 4.74 Å². The second-order valence-corrected chi connectivity index (χ2v) is 5.66. The summed E-state index contributed by atoms with van der Waals surface area (Å²) in [4.78, 5) is 12.3. The minimum atomic E-state index is -0.519. The van der Waals surface area contributed by atoms with Crippen molar-refractivity contribution in [1.29, 1.82) is 0 Å². The standard InChI is InChI=1S/C14H21N3O2/c1-2-19-13(18)14(8-5-9-14)12-16-15-10-17(12)11-6-3-4-7-11/h10-11H,2-9H2,1H3. The number of carbonyl (C=O) groups is 1. The molecule has 0 spiro atoms. The molecule has 3 rings (SSSR count). The van der Waals surface area contributed by atoms with E-state index in [2.05, 4.69) is 14.8 Å². The molecule has 2 fully saturated rings. The molecule has 0 saturated heterocycles. The Morgan fingerprint density at radius 1 is 1.42 bits per heavy atom. The lowest BCUT2D eigenvalue weighted by Gasteiger charge is -2.38. The maximum Gasteiger partial charge on any atom is 0.319 e. The molecule has 0 unspecified atom stereocenters. The molecule has 104 valence electrons. The fraction of sp³-hybridized carbons (Fsp3) is 0.786. The smallest absolute Gasteiger partial charge is 0.319 e. The minimum Gasteiger partial charge on any atom is -0.465 e. The molecule has 19 heavy (non-hydrogen) atoms. The van der Waals surface area contributed by atoms with Gasteiger partial charge in [0.1, 0.15) is 11.7 Å². The van der Waals surface area contributed by atoms with Gasteiger partial charge in [-0.2, -0.15) is 0 Å². The maximum absolute atomic E-state index is 12.3. The Morgan fingerprint density at radius 2 is 2.16 bits per heavy atom. The third kappa shape index (κ3) is 1.95. The van der Waals surface area contributed by atoms with Crippen LogP contribution in [0, 0.1) is 0 Å². The van der Waals surface area contributed by atoms with Crippen LogP contribution >= 0.6 is 0 Å². The number of esters is 1. The molecular formula is C14H21N3O2. The number of aromatic nitrogens is 3. The van der Waals surface area contributed by atoms with E-state index in [1.54, 1.807) is 6.33 Å². The third-order valence-electron chi connectivity index (χ3n) is 4.59. The molecule has 5 heteroatoms. The first-order valence-corrected chi connectivity index (χ1v) is 7.35. The van der Waals surface area contributed by atoms with E-state index >= 15 is 0 Å². The Morgan fingerprint density at radius 3 is 2.74 bits per heavy atom. The van der Waals surface area contributed by atoms with Crippen molar-refractivity contribution in [3.63, 3.8) is 0 Å². The second kappa shape index (κ2) is 4.94. The topological polar surface area (TPSA) is 57.0 Å². The van der Waals surface area contributed by atoms with Crippen LogP contribution in [-0.4, -0.2) is 27.3 Å². The Hall–Kier alpha value is -1.39. The van der Waals surface area contributed by atoms with E-state index in [9.17, 15) is 4.79 Å². The monoisotopic (exact) mass is 263 g/mol. The first-order chi connectivity index (χ1) is 9.28. The van der Waals surface area contributed by atoms with Gasteiger partial charge in [0.05, 0.1) is 6.61 Å². The van der Waals surface area contributed by atoms with Crippen molar-refractivity contribution < 1.29 is 9.53 Å². The molecule has 0 atom stereocenters. The van der Waals surface area contributed by atoms with E-state index in [1.165, 1.54) is 25.7 Å². The highest BCUT2D eigenvalue weighted by Gasteiger charge is 2.51. The lowest BCUT2D eigenvalue weighted by atomic mass is 9.68. The molecule has 0 N–H and O–H groups in total. The summed E-state index contributed by atoms with van der Waals surface area (Å²) in [6.07, 6.45) is 9.41. The highest BCUT2D eigenvalue weighted by atomic mass is 16.5. The van der Waals surface area contributed by atoms with Gasteiger partial charge in [0, 0.05) is 6.04 Å². The molecule has 1 aromatic rings. The summed E-state index contributed by atoms with van der Waals surface area (Å²) >= 11 is 0. The molecule has 0 aromatic carbocycles. The van der Waals surface area contributed by atoms with Crippen molar-refractivity contribution in [3.05, 3.63) is 12.2 Å². The van der Waals surface area contributed by atoms with Crippen molar-refractivity contribution in [2.75, 3.05) is 6.61 Å². The van der Waals surface area contributed by atoms with Crippen molar-refractivity contribution >= 4 is 5.97 Å². The summed E-state index contributed by atoms with van der Waals surface area (Å²) in [5, 5.41) is 8.33. The minimum absolute atomic E-state index is 0.117. The van der Waals surface area contributed by atoms with E-state index in [1.807, 2.05) is 6.92 Å². The third-order valence-corrected chi connectivity index (χ3v) is 4.59. The summed E-state index contributed by atoms with van der Waals surface area (Å²) in [6, 6.07) is 0.469. The van der Waals surface area contributed by atoms with Crippen molar-refractivity contribution in [1.82, 2.24) is 14.8 Å². The molecule has 0 amide bonds. The summed E-state index contributed by atoms with van der Waals surface area (Å²) in [5.41, 5.74) is -0.519. The van der Waals surface area contributed by atoms with Gasteiger partial charge >= 0.3 is 5.97 Å². The normalized spacial score (nSPS) is 22.2. The zero-order valence-corrected chi connectivity index (χ0v) is 11.5. The number of hydrogen-bond donors (Lipinski definition) is 0. The van der Waals surface area contributed by atoms with Crippen LogP contribution in [-0.2, 0) is 14.9 Å². The number of ether oxygens (including phenoxy) is 1. The summed E-state index contributed by atoms with van der Waals surface area (Å²) in [7, 11) is 0.